The largest absolute Gasteiger partial charge is 0.361 e. The Balaban J connectivity index is 1.33. The summed E-state index contributed by atoms with van der Waals surface area (Å²) in [5.41, 5.74) is 5.40. The van der Waals surface area contributed by atoms with Crippen LogP contribution in [0.4, 0.5) is 5.82 Å². The molecule has 3 aromatic rings. The van der Waals surface area contributed by atoms with E-state index in [9.17, 15) is 4.79 Å². The van der Waals surface area contributed by atoms with E-state index in [2.05, 4.69) is 44.6 Å². The summed E-state index contributed by atoms with van der Waals surface area (Å²) in [5.74, 6) is 1.62. The van der Waals surface area contributed by atoms with Crippen LogP contribution in [0.5, 0.6) is 0 Å². The molecule has 0 saturated heterocycles. The number of aromatic nitrogens is 2. The van der Waals surface area contributed by atoms with Gasteiger partial charge in [-0.05, 0) is 43.0 Å². The van der Waals surface area contributed by atoms with Gasteiger partial charge in [0, 0.05) is 31.4 Å². The summed E-state index contributed by atoms with van der Waals surface area (Å²) in [6.45, 7) is 5.98. The normalized spacial score (nSPS) is 13.3. The highest BCUT2D eigenvalue weighted by Gasteiger charge is 2.17. The molecule has 3 heterocycles. The summed E-state index contributed by atoms with van der Waals surface area (Å²) in [6, 6.07) is 12.6. The average Bonchev–Trinajstić information content (AvgIpc) is 3.04. The molecule has 6 nitrogen and oxygen atoms in total. The standard InChI is InChI=1S/C22H24N4O2/c1-15-20(16(2)28-25-15)11-22(27)24-13-17-7-8-21(23-12-17)26-10-9-18-5-3-4-6-19(18)14-26/h3-8,12H,9-11,13-14H2,1-2H3,(H,24,27). The van der Waals surface area contributed by atoms with Crippen LogP contribution in [0.2, 0.25) is 0 Å². The van der Waals surface area contributed by atoms with Crippen molar-refractivity contribution in [2.24, 2.45) is 0 Å². The fraction of sp³-hybridized carbons (Fsp3) is 0.318. The third-order valence-electron chi connectivity index (χ3n) is 5.27. The van der Waals surface area contributed by atoms with Crippen molar-refractivity contribution in [3.8, 4) is 0 Å². The smallest absolute Gasteiger partial charge is 0.224 e. The van der Waals surface area contributed by atoms with E-state index in [1.165, 1.54) is 11.1 Å². The first-order valence-corrected chi connectivity index (χ1v) is 9.55. The maximum Gasteiger partial charge on any atom is 0.224 e. The van der Waals surface area contributed by atoms with Crippen molar-refractivity contribution in [1.29, 1.82) is 0 Å². The van der Waals surface area contributed by atoms with Crippen molar-refractivity contribution < 1.29 is 9.32 Å². The van der Waals surface area contributed by atoms with Crippen LogP contribution in [0.1, 0.15) is 33.7 Å². The number of carbonyl (C=O) groups is 1. The van der Waals surface area contributed by atoms with E-state index >= 15 is 0 Å². The quantitative estimate of drug-likeness (QED) is 0.741. The Labute approximate surface area is 164 Å². The Bertz CT molecular complexity index is 959. The highest BCUT2D eigenvalue weighted by atomic mass is 16.5. The van der Waals surface area contributed by atoms with Gasteiger partial charge in [-0.1, -0.05) is 35.5 Å². The van der Waals surface area contributed by atoms with Crippen LogP contribution in [0.15, 0.2) is 47.1 Å². The second kappa shape index (κ2) is 7.84. The maximum absolute atomic E-state index is 12.2. The first kappa shape index (κ1) is 18.2. The van der Waals surface area contributed by atoms with Crippen molar-refractivity contribution in [3.05, 3.63) is 76.3 Å². The summed E-state index contributed by atoms with van der Waals surface area (Å²) >= 11 is 0. The molecule has 0 atom stereocenters. The molecule has 0 bridgehead atoms. The number of amides is 1. The van der Waals surface area contributed by atoms with Crippen LogP contribution in [0.25, 0.3) is 0 Å². The molecule has 0 fully saturated rings. The molecule has 0 saturated carbocycles. The molecule has 1 N–H and O–H groups in total. The lowest BCUT2D eigenvalue weighted by Gasteiger charge is -2.29. The number of pyridine rings is 1. The number of carbonyl (C=O) groups excluding carboxylic acids is 1. The van der Waals surface area contributed by atoms with Crippen molar-refractivity contribution >= 4 is 11.7 Å². The van der Waals surface area contributed by atoms with Gasteiger partial charge in [-0.3, -0.25) is 4.79 Å². The molecule has 0 aliphatic carbocycles. The van der Waals surface area contributed by atoms with Crippen LogP contribution in [0.3, 0.4) is 0 Å². The molecular formula is C22H24N4O2. The van der Waals surface area contributed by atoms with E-state index in [0.717, 1.165) is 42.1 Å². The van der Waals surface area contributed by atoms with E-state index < -0.39 is 0 Å². The summed E-state index contributed by atoms with van der Waals surface area (Å²) < 4.78 is 5.11. The Morgan fingerprint density at radius 2 is 2.00 bits per heavy atom. The monoisotopic (exact) mass is 376 g/mol. The van der Waals surface area contributed by atoms with Crippen molar-refractivity contribution in [1.82, 2.24) is 15.5 Å². The lowest BCUT2D eigenvalue weighted by Crippen LogP contribution is -2.31. The van der Waals surface area contributed by atoms with E-state index in [4.69, 9.17) is 4.52 Å². The fourth-order valence-electron chi connectivity index (χ4n) is 3.58. The predicted molar refractivity (Wildman–Crippen MR) is 107 cm³/mol. The minimum atomic E-state index is -0.0499. The SMILES string of the molecule is Cc1noc(C)c1CC(=O)NCc1ccc(N2CCc3ccccc3C2)nc1. The Kier molecular flexibility index (Phi) is 5.10. The molecule has 6 heteroatoms. The van der Waals surface area contributed by atoms with E-state index in [0.29, 0.717) is 12.3 Å². The van der Waals surface area contributed by atoms with E-state index in [1.807, 2.05) is 32.2 Å². The van der Waals surface area contributed by atoms with Crippen LogP contribution < -0.4 is 10.2 Å². The zero-order chi connectivity index (χ0) is 19.5. The Morgan fingerprint density at radius 1 is 1.18 bits per heavy atom. The zero-order valence-electron chi connectivity index (χ0n) is 16.2. The number of nitrogens with zero attached hydrogens (tertiary/aromatic N) is 3. The van der Waals surface area contributed by atoms with Crippen LogP contribution in [0, 0.1) is 13.8 Å². The molecule has 0 radical (unpaired) electrons. The molecule has 1 amide bonds. The second-order valence-electron chi connectivity index (χ2n) is 7.22. The number of benzene rings is 1. The van der Waals surface area contributed by atoms with Crippen LogP contribution in [-0.4, -0.2) is 22.6 Å². The van der Waals surface area contributed by atoms with Crippen LogP contribution >= 0.6 is 0 Å². The second-order valence-corrected chi connectivity index (χ2v) is 7.22. The first-order chi connectivity index (χ1) is 13.6. The molecule has 0 spiro atoms. The molecule has 2 aromatic heterocycles. The number of rotatable bonds is 5. The molecule has 28 heavy (non-hydrogen) atoms. The fourth-order valence-corrected chi connectivity index (χ4v) is 3.58. The van der Waals surface area contributed by atoms with Gasteiger partial charge in [0.25, 0.3) is 0 Å². The predicted octanol–water partition coefficient (Wildman–Crippen LogP) is 3.11. The number of aryl methyl sites for hydroxylation is 2. The highest BCUT2D eigenvalue weighted by Crippen LogP contribution is 2.23. The third-order valence-corrected chi connectivity index (χ3v) is 5.27. The summed E-state index contributed by atoms with van der Waals surface area (Å²) in [7, 11) is 0. The molecule has 4 rings (SSSR count). The van der Waals surface area contributed by atoms with Gasteiger partial charge in [-0.25, -0.2) is 4.98 Å². The summed E-state index contributed by atoms with van der Waals surface area (Å²) in [6.07, 6.45) is 3.16. The number of nitrogens with one attached hydrogen (secondary N) is 1. The Morgan fingerprint density at radius 3 is 2.71 bits per heavy atom. The van der Waals surface area contributed by atoms with E-state index in [1.54, 1.807) is 0 Å². The first-order valence-electron chi connectivity index (χ1n) is 9.55. The van der Waals surface area contributed by atoms with Gasteiger partial charge < -0.3 is 14.7 Å². The van der Waals surface area contributed by atoms with Crippen molar-refractivity contribution in [2.45, 2.75) is 39.8 Å². The van der Waals surface area contributed by atoms with Crippen LogP contribution in [-0.2, 0) is 30.7 Å². The number of hydrogen-bond donors (Lipinski definition) is 1. The molecule has 1 aliphatic heterocycles. The molecule has 144 valence electrons. The van der Waals surface area contributed by atoms with E-state index in [-0.39, 0.29) is 12.3 Å². The average molecular weight is 376 g/mol. The third kappa shape index (κ3) is 3.91. The molecule has 0 unspecified atom stereocenters. The van der Waals surface area contributed by atoms with Gasteiger partial charge in [0.15, 0.2) is 0 Å². The lowest BCUT2D eigenvalue weighted by molar-refractivity contribution is -0.120. The van der Waals surface area contributed by atoms with Gasteiger partial charge in [0.05, 0.1) is 12.1 Å². The zero-order valence-corrected chi connectivity index (χ0v) is 16.2. The maximum atomic E-state index is 12.2. The van der Waals surface area contributed by atoms with Crippen molar-refractivity contribution in [2.75, 3.05) is 11.4 Å². The lowest BCUT2D eigenvalue weighted by atomic mass is 10.00. The topological polar surface area (TPSA) is 71.3 Å². The molecular weight excluding hydrogens is 352 g/mol. The van der Waals surface area contributed by atoms with Gasteiger partial charge in [-0.2, -0.15) is 0 Å². The van der Waals surface area contributed by atoms with Gasteiger partial charge in [-0.15, -0.1) is 0 Å². The highest BCUT2D eigenvalue weighted by molar-refractivity contribution is 5.79. The van der Waals surface area contributed by atoms with Gasteiger partial charge in [0.2, 0.25) is 5.91 Å². The van der Waals surface area contributed by atoms with Gasteiger partial charge >= 0.3 is 0 Å². The minimum Gasteiger partial charge on any atom is -0.361 e. The summed E-state index contributed by atoms with van der Waals surface area (Å²) in [4.78, 5) is 19.1. The Hall–Kier alpha value is -3.15. The van der Waals surface area contributed by atoms with Crippen molar-refractivity contribution in [3.63, 3.8) is 0 Å². The summed E-state index contributed by atoms with van der Waals surface area (Å²) in [5, 5.41) is 6.83. The van der Waals surface area contributed by atoms with Gasteiger partial charge in [0.1, 0.15) is 11.6 Å². The number of fused-ring (bicyclic) bond motifs is 1. The number of anilines is 1. The number of hydrogen-bond acceptors (Lipinski definition) is 5. The molecule has 1 aromatic carbocycles. The minimum absolute atomic E-state index is 0.0499. The molecule has 1 aliphatic rings.